The zero-order valence-electron chi connectivity index (χ0n) is 12.3. The van der Waals surface area contributed by atoms with E-state index in [4.69, 9.17) is 4.74 Å². The zero-order chi connectivity index (χ0) is 15.7. The number of fused-ring (bicyclic) bond motifs is 1. The van der Waals surface area contributed by atoms with Gasteiger partial charge in [-0.3, -0.25) is 10.1 Å². The van der Waals surface area contributed by atoms with Crippen LogP contribution in [0.4, 0.5) is 13.2 Å². The summed E-state index contributed by atoms with van der Waals surface area (Å²) < 4.78 is 45.6. The van der Waals surface area contributed by atoms with E-state index in [0.717, 1.165) is 0 Å². The number of carbonyl (C=O) groups is 1. The van der Waals surface area contributed by atoms with E-state index >= 15 is 0 Å². The number of nitrogens with one attached hydrogen (secondary N) is 2. The Bertz CT molecular complexity index is 586. The maximum absolute atomic E-state index is 13.8. The molecule has 0 spiro atoms. The Hall–Kier alpha value is -1.47. The number of carbonyl (C=O) groups excluding carboxylic acids is 1. The molecule has 23 heavy (non-hydrogen) atoms. The lowest BCUT2D eigenvalue weighted by atomic mass is 10.0. The molecule has 0 radical (unpaired) electrons. The van der Waals surface area contributed by atoms with Crippen molar-refractivity contribution in [2.75, 3.05) is 13.2 Å². The topological polar surface area (TPSA) is 50.4 Å². The molecule has 0 bridgehead atoms. The second-order valence-electron chi connectivity index (χ2n) is 5.70. The van der Waals surface area contributed by atoms with Crippen LogP contribution < -0.4 is 15.4 Å². The number of para-hydroxylation sites is 1. The van der Waals surface area contributed by atoms with Crippen LogP contribution in [0.5, 0.6) is 5.75 Å². The van der Waals surface area contributed by atoms with Crippen molar-refractivity contribution in [2.24, 2.45) is 0 Å². The number of amides is 1. The van der Waals surface area contributed by atoms with E-state index in [2.05, 4.69) is 10.6 Å². The summed E-state index contributed by atoms with van der Waals surface area (Å²) in [5.41, 5.74) is 0.551. The molecule has 2 N–H and O–H groups in total. The minimum atomic E-state index is -2.86. The minimum absolute atomic E-state index is 0. The molecule has 2 aliphatic heterocycles. The highest BCUT2D eigenvalue weighted by atomic mass is 35.5. The third-order valence-electron chi connectivity index (χ3n) is 4.00. The standard InChI is InChI=1S/C15H17F3N2O2.ClH/c16-10-4-1-3-9-11(5-2-6-22-13(9)10)20-14(21)12-7-15(17,18)8-19-12;/h1,3-4,11-12,19H,2,5-8H2,(H,20,21);1H. The van der Waals surface area contributed by atoms with Crippen molar-refractivity contribution in [3.8, 4) is 5.75 Å². The van der Waals surface area contributed by atoms with Crippen LogP contribution in [0.2, 0.25) is 0 Å². The monoisotopic (exact) mass is 350 g/mol. The summed E-state index contributed by atoms with van der Waals surface area (Å²) >= 11 is 0. The third-order valence-corrected chi connectivity index (χ3v) is 4.00. The summed E-state index contributed by atoms with van der Waals surface area (Å²) in [6, 6.07) is 3.17. The molecule has 2 heterocycles. The molecule has 0 aromatic heterocycles. The number of benzene rings is 1. The number of hydrogen-bond donors (Lipinski definition) is 2. The highest BCUT2D eigenvalue weighted by Crippen LogP contribution is 2.34. The van der Waals surface area contributed by atoms with Gasteiger partial charge in [0.1, 0.15) is 0 Å². The van der Waals surface area contributed by atoms with Gasteiger partial charge >= 0.3 is 0 Å². The highest BCUT2D eigenvalue weighted by molar-refractivity contribution is 5.85. The van der Waals surface area contributed by atoms with Gasteiger partial charge in [0.2, 0.25) is 5.91 Å². The van der Waals surface area contributed by atoms with Crippen molar-refractivity contribution in [1.82, 2.24) is 10.6 Å². The first kappa shape index (κ1) is 17.9. The summed E-state index contributed by atoms with van der Waals surface area (Å²) in [5.74, 6) is -3.70. The summed E-state index contributed by atoms with van der Waals surface area (Å²) in [7, 11) is 0. The normalized spacial score (nSPS) is 25.5. The molecular formula is C15H18ClF3N2O2. The van der Waals surface area contributed by atoms with Crippen LogP contribution in [0, 0.1) is 5.82 Å². The number of ether oxygens (including phenoxy) is 1. The molecule has 1 amide bonds. The molecule has 8 heteroatoms. The first-order chi connectivity index (χ1) is 10.5. The van der Waals surface area contributed by atoms with Gasteiger partial charge in [-0.05, 0) is 18.9 Å². The van der Waals surface area contributed by atoms with E-state index in [1.807, 2.05) is 0 Å². The molecule has 2 atom stereocenters. The molecule has 2 unspecified atom stereocenters. The van der Waals surface area contributed by atoms with Crippen LogP contribution in [0.3, 0.4) is 0 Å². The Morgan fingerprint density at radius 2 is 2.17 bits per heavy atom. The van der Waals surface area contributed by atoms with Crippen molar-refractivity contribution in [3.05, 3.63) is 29.6 Å². The fourth-order valence-corrected chi connectivity index (χ4v) is 2.89. The number of halogens is 4. The minimum Gasteiger partial charge on any atom is -0.490 e. The second kappa shape index (κ2) is 6.97. The molecule has 4 nitrogen and oxygen atoms in total. The highest BCUT2D eigenvalue weighted by Gasteiger charge is 2.42. The lowest BCUT2D eigenvalue weighted by Crippen LogP contribution is -2.42. The van der Waals surface area contributed by atoms with E-state index in [-0.39, 0.29) is 18.2 Å². The van der Waals surface area contributed by atoms with Gasteiger partial charge in [0.25, 0.3) is 5.92 Å². The first-order valence-electron chi connectivity index (χ1n) is 7.29. The fourth-order valence-electron chi connectivity index (χ4n) is 2.89. The average molecular weight is 351 g/mol. The molecule has 3 rings (SSSR count). The SMILES string of the molecule is Cl.O=C(NC1CCCOc2c(F)cccc21)C1CC(F)(F)CN1. The van der Waals surface area contributed by atoms with Crippen LogP contribution in [-0.2, 0) is 4.79 Å². The average Bonchev–Trinajstić information content (AvgIpc) is 2.70. The van der Waals surface area contributed by atoms with Crippen LogP contribution in [-0.4, -0.2) is 31.0 Å². The predicted molar refractivity (Wildman–Crippen MR) is 80.6 cm³/mol. The second-order valence-corrected chi connectivity index (χ2v) is 5.70. The summed E-state index contributed by atoms with van der Waals surface area (Å²) in [6.07, 6.45) is 0.705. The molecule has 1 fully saturated rings. The van der Waals surface area contributed by atoms with Crippen molar-refractivity contribution in [2.45, 2.75) is 37.3 Å². The quantitative estimate of drug-likeness (QED) is 0.862. The van der Waals surface area contributed by atoms with Crippen molar-refractivity contribution >= 4 is 18.3 Å². The zero-order valence-corrected chi connectivity index (χ0v) is 13.1. The van der Waals surface area contributed by atoms with Crippen LogP contribution >= 0.6 is 12.4 Å². The Balaban J connectivity index is 0.00000192. The summed E-state index contributed by atoms with van der Waals surface area (Å²) in [4.78, 5) is 12.2. The molecule has 128 valence electrons. The van der Waals surface area contributed by atoms with Gasteiger partial charge in [-0.2, -0.15) is 0 Å². The van der Waals surface area contributed by atoms with E-state index in [1.54, 1.807) is 12.1 Å². The smallest absolute Gasteiger partial charge is 0.262 e. The van der Waals surface area contributed by atoms with Gasteiger partial charge < -0.3 is 10.1 Å². The Kier molecular flexibility index (Phi) is 5.41. The van der Waals surface area contributed by atoms with Gasteiger partial charge in [-0.25, -0.2) is 13.2 Å². The van der Waals surface area contributed by atoms with Gasteiger partial charge in [0, 0.05) is 12.0 Å². The van der Waals surface area contributed by atoms with Gasteiger partial charge in [0.05, 0.1) is 25.2 Å². The number of rotatable bonds is 2. The van der Waals surface area contributed by atoms with Crippen molar-refractivity contribution in [3.63, 3.8) is 0 Å². The van der Waals surface area contributed by atoms with Gasteiger partial charge in [-0.1, -0.05) is 12.1 Å². The van der Waals surface area contributed by atoms with Crippen LogP contribution in [0.1, 0.15) is 30.9 Å². The third kappa shape index (κ3) is 3.90. The van der Waals surface area contributed by atoms with Gasteiger partial charge in [-0.15, -0.1) is 12.4 Å². The van der Waals surface area contributed by atoms with E-state index < -0.39 is 42.7 Å². The first-order valence-corrected chi connectivity index (χ1v) is 7.29. The maximum atomic E-state index is 13.8. The molecule has 0 aliphatic carbocycles. The Morgan fingerprint density at radius 3 is 2.87 bits per heavy atom. The fraction of sp³-hybridized carbons (Fsp3) is 0.533. The van der Waals surface area contributed by atoms with Crippen LogP contribution in [0.25, 0.3) is 0 Å². The summed E-state index contributed by atoms with van der Waals surface area (Å²) in [6.45, 7) is -0.135. The molecule has 0 saturated carbocycles. The maximum Gasteiger partial charge on any atom is 0.262 e. The van der Waals surface area contributed by atoms with Gasteiger partial charge in [0.15, 0.2) is 11.6 Å². The van der Waals surface area contributed by atoms with E-state index in [9.17, 15) is 18.0 Å². The molecule has 2 aliphatic rings. The lowest BCUT2D eigenvalue weighted by Gasteiger charge is -2.20. The molecule has 1 aromatic rings. The largest absolute Gasteiger partial charge is 0.490 e. The number of alkyl halides is 2. The molecule has 1 aromatic carbocycles. The van der Waals surface area contributed by atoms with Crippen molar-refractivity contribution in [1.29, 1.82) is 0 Å². The van der Waals surface area contributed by atoms with E-state index in [0.29, 0.717) is 25.0 Å². The van der Waals surface area contributed by atoms with E-state index in [1.165, 1.54) is 6.07 Å². The van der Waals surface area contributed by atoms with Crippen molar-refractivity contribution < 1.29 is 22.7 Å². The Labute approximate surface area is 138 Å². The molecular weight excluding hydrogens is 333 g/mol. The van der Waals surface area contributed by atoms with Crippen LogP contribution in [0.15, 0.2) is 18.2 Å². The summed E-state index contributed by atoms with van der Waals surface area (Å²) in [5, 5.41) is 5.26. The number of hydrogen-bond acceptors (Lipinski definition) is 3. The Morgan fingerprint density at radius 1 is 1.39 bits per heavy atom. The molecule has 1 saturated heterocycles. The lowest BCUT2D eigenvalue weighted by molar-refractivity contribution is -0.124. The predicted octanol–water partition coefficient (Wildman–Crippen LogP) is 2.57.